The number of ether oxygens (including phenoxy) is 3. The normalized spacial score (nSPS) is 13.6. The maximum absolute atomic E-state index is 11.9. The van der Waals surface area contributed by atoms with Crippen molar-refractivity contribution in [2.45, 2.75) is 47.0 Å². The quantitative estimate of drug-likeness (QED) is 0.628. The molecular formula is C13H24O5. The van der Waals surface area contributed by atoms with E-state index in [1.54, 1.807) is 20.8 Å². The summed E-state index contributed by atoms with van der Waals surface area (Å²) in [6, 6.07) is 0. The van der Waals surface area contributed by atoms with Crippen molar-refractivity contribution in [2.75, 3.05) is 19.8 Å². The van der Waals surface area contributed by atoms with Crippen molar-refractivity contribution in [1.82, 2.24) is 0 Å². The van der Waals surface area contributed by atoms with Gasteiger partial charge in [0.1, 0.15) is 6.61 Å². The van der Waals surface area contributed by atoms with Crippen molar-refractivity contribution in [3.05, 3.63) is 0 Å². The molecule has 0 aliphatic rings. The molecule has 1 unspecified atom stereocenters. The molecule has 0 N–H and O–H groups in total. The maximum Gasteiger partial charge on any atom is 0.508 e. The highest BCUT2D eigenvalue weighted by Crippen LogP contribution is 2.26. The summed E-state index contributed by atoms with van der Waals surface area (Å²) in [5, 5.41) is 0. The summed E-state index contributed by atoms with van der Waals surface area (Å²) >= 11 is 0. The molecule has 0 aliphatic carbocycles. The molecule has 5 heteroatoms. The molecule has 0 rings (SSSR count). The van der Waals surface area contributed by atoms with Gasteiger partial charge in [-0.2, -0.15) is 0 Å². The second-order valence-corrected chi connectivity index (χ2v) is 4.36. The first-order valence-corrected chi connectivity index (χ1v) is 6.47. The first-order chi connectivity index (χ1) is 8.50. The van der Waals surface area contributed by atoms with Crippen LogP contribution in [0.1, 0.15) is 47.0 Å². The lowest BCUT2D eigenvalue weighted by Crippen LogP contribution is -2.35. The van der Waals surface area contributed by atoms with Crippen LogP contribution in [0.2, 0.25) is 0 Å². The predicted octanol–water partition coefficient (Wildman–Crippen LogP) is 2.92. The number of unbranched alkanes of at least 4 members (excludes halogenated alkanes) is 1. The largest absolute Gasteiger partial charge is 0.508 e. The number of esters is 1. The van der Waals surface area contributed by atoms with E-state index in [1.165, 1.54) is 0 Å². The van der Waals surface area contributed by atoms with E-state index in [-0.39, 0.29) is 19.2 Å². The molecular weight excluding hydrogens is 236 g/mol. The predicted molar refractivity (Wildman–Crippen MR) is 67.2 cm³/mol. The van der Waals surface area contributed by atoms with Gasteiger partial charge in [-0.3, -0.25) is 4.79 Å². The van der Waals surface area contributed by atoms with Gasteiger partial charge in [0.25, 0.3) is 0 Å². The van der Waals surface area contributed by atoms with Gasteiger partial charge in [0, 0.05) is 0 Å². The molecule has 106 valence electrons. The molecule has 0 amide bonds. The Morgan fingerprint density at radius 1 is 1.00 bits per heavy atom. The maximum atomic E-state index is 11.9. The Labute approximate surface area is 109 Å². The van der Waals surface area contributed by atoms with Gasteiger partial charge in [-0.25, -0.2) is 4.79 Å². The van der Waals surface area contributed by atoms with Crippen LogP contribution in [0, 0.1) is 5.41 Å². The van der Waals surface area contributed by atoms with Gasteiger partial charge in [-0.15, -0.1) is 0 Å². The molecule has 0 aliphatic heterocycles. The third-order valence-corrected chi connectivity index (χ3v) is 2.62. The van der Waals surface area contributed by atoms with Gasteiger partial charge < -0.3 is 14.2 Å². The summed E-state index contributed by atoms with van der Waals surface area (Å²) in [5.41, 5.74) is -0.793. The highest BCUT2D eigenvalue weighted by molar-refractivity contribution is 5.77. The molecule has 5 nitrogen and oxygen atoms in total. The van der Waals surface area contributed by atoms with Crippen LogP contribution >= 0.6 is 0 Å². The fourth-order valence-corrected chi connectivity index (χ4v) is 1.48. The van der Waals surface area contributed by atoms with E-state index in [0.717, 1.165) is 12.8 Å². The molecule has 1 atom stereocenters. The molecule has 0 fully saturated rings. The Morgan fingerprint density at radius 3 is 2.11 bits per heavy atom. The van der Waals surface area contributed by atoms with Crippen molar-refractivity contribution in [3.8, 4) is 0 Å². The third kappa shape index (κ3) is 5.89. The summed E-state index contributed by atoms with van der Waals surface area (Å²) in [7, 11) is 0. The van der Waals surface area contributed by atoms with Gasteiger partial charge in [0.15, 0.2) is 0 Å². The van der Waals surface area contributed by atoms with E-state index in [4.69, 9.17) is 9.47 Å². The average Bonchev–Trinajstić information content (AvgIpc) is 2.34. The second-order valence-electron chi connectivity index (χ2n) is 4.36. The van der Waals surface area contributed by atoms with Crippen LogP contribution in [-0.4, -0.2) is 31.9 Å². The fraction of sp³-hybridized carbons (Fsp3) is 0.846. The highest BCUT2D eigenvalue weighted by atomic mass is 16.7. The summed E-state index contributed by atoms with van der Waals surface area (Å²) in [6.07, 6.45) is 1.72. The minimum atomic E-state index is -0.793. The molecule has 0 saturated heterocycles. The van der Waals surface area contributed by atoms with Crippen LogP contribution in [-0.2, 0) is 19.0 Å². The number of hydrogen-bond acceptors (Lipinski definition) is 5. The Hall–Kier alpha value is -1.26. The molecule has 0 radical (unpaired) electrons. The van der Waals surface area contributed by atoms with E-state index >= 15 is 0 Å². The molecule has 0 aromatic carbocycles. The van der Waals surface area contributed by atoms with Gasteiger partial charge in [0.05, 0.1) is 18.6 Å². The van der Waals surface area contributed by atoms with Crippen molar-refractivity contribution in [2.24, 2.45) is 5.41 Å². The number of hydrogen-bond donors (Lipinski definition) is 0. The molecule has 0 aromatic heterocycles. The average molecular weight is 260 g/mol. The first kappa shape index (κ1) is 16.7. The monoisotopic (exact) mass is 260 g/mol. The highest BCUT2D eigenvalue weighted by Gasteiger charge is 2.36. The lowest BCUT2D eigenvalue weighted by Gasteiger charge is -2.26. The molecule has 0 aromatic rings. The van der Waals surface area contributed by atoms with Crippen LogP contribution in [0.5, 0.6) is 0 Å². The molecule has 0 bridgehead atoms. The summed E-state index contributed by atoms with van der Waals surface area (Å²) in [4.78, 5) is 23.0. The third-order valence-electron chi connectivity index (χ3n) is 2.62. The number of carbonyl (C=O) groups excluding carboxylic acids is 2. The number of rotatable bonds is 8. The van der Waals surface area contributed by atoms with Gasteiger partial charge >= 0.3 is 12.1 Å². The smallest absolute Gasteiger partial charge is 0.465 e. The van der Waals surface area contributed by atoms with E-state index in [9.17, 15) is 9.59 Å². The van der Waals surface area contributed by atoms with Crippen LogP contribution in [0.25, 0.3) is 0 Å². The summed E-state index contributed by atoms with van der Waals surface area (Å²) < 4.78 is 14.6. The Balaban J connectivity index is 4.45. The van der Waals surface area contributed by atoms with Crippen molar-refractivity contribution in [1.29, 1.82) is 0 Å². The van der Waals surface area contributed by atoms with E-state index in [2.05, 4.69) is 4.74 Å². The van der Waals surface area contributed by atoms with Crippen LogP contribution in [0.4, 0.5) is 4.79 Å². The summed E-state index contributed by atoms with van der Waals surface area (Å²) in [6.45, 7) is 7.80. The zero-order valence-corrected chi connectivity index (χ0v) is 11.8. The van der Waals surface area contributed by atoms with Crippen molar-refractivity contribution < 1.29 is 23.8 Å². The van der Waals surface area contributed by atoms with Gasteiger partial charge in [-0.05, 0) is 27.2 Å². The molecule has 18 heavy (non-hydrogen) atoms. The Morgan fingerprint density at radius 2 is 1.61 bits per heavy atom. The SMILES string of the molecule is CCCCC(C)(COC(=O)OCC)C(=O)OCC. The lowest BCUT2D eigenvalue weighted by molar-refractivity contribution is -0.157. The zero-order valence-electron chi connectivity index (χ0n) is 11.8. The van der Waals surface area contributed by atoms with E-state index in [0.29, 0.717) is 13.0 Å². The molecule has 0 spiro atoms. The lowest BCUT2D eigenvalue weighted by atomic mass is 9.86. The second kappa shape index (κ2) is 8.78. The first-order valence-electron chi connectivity index (χ1n) is 6.47. The van der Waals surface area contributed by atoms with Gasteiger partial charge in [-0.1, -0.05) is 19.8 Å². The van der Waals surface area contributed by atoms with Crippen molar-refractivity contribution in [3.63, 3.8) is 0 Å². The molecule has 0 saturated carbocycles. The Kier molecular flexibility index (Phi) is 8.16. The topological polar surface area (TPSA) is 61.8 Å². The van der Waals surface area contributed by atoms with Crippen LogP contribution < -0.4 is 0 Å². The van der Waals surface area contributed by atoms with Crippen LogP contribution in [0.3, 0.4) is 0 Å². The Bertz CT molecular complexity index is 264. The zero-order chi connectivity index (χ0) is 14.0. The minimum absolute atomic E-state index is 0.00926. The van der Waals surface area contributed by atoms with Crippen LogP contribution in [0.15, 0.2) is 0 Å². The fourth-order valence-electron chi connectivity index (χ4n) is 1.48. The standard InChI is InChI=1S/C13H24O5/c1-5-8-9-13(4,11(14)16-6-2)10-18-12(15)17-7-3/h5-10H2,1-4H3. The minimum Gasteiger partial charge on any atom is -0.465 e. The van der Waals surface area contributed by atoms with E-state index < -0.39 is 11.6 Å². The van der Waals surface area contributed by atoms with E-state index in [1.807, 2.05) is 6.92 Å². The molecule has 0 heterocycles. The van der Waals surface area contributed by atoms with Gasteiger partial charge in [0.2, 0.25) is 0 Å². The summed E-state index contributed by atoms with van der Waals surface area (Å²) in [5.74, 6) is -0.331. The van der Waals surface area contributed by atoms with Crippen molar-refractivity contribution >= 4 is 12.1 Å². The number of carbonyl (C=O) groups is 2.